The van der Waals surface area contributed by atoms with Crippen molar-refractivity contribution in [3.05, 3.63) is 0 Å². The number of rotatable bonds is 3. The number of methoxy groups -OCH3 is 1. The van der Waals surface area contributed by atoms with E-state index in [1.807, 2.05) is 6.92 Å². The lowest BCUT2D eigenvalue weighted by Gasteiger charge is -2.36. The lowest BCUT2D eigenvalue weighted by molar-refractivity contribution is -0.0314. The average molecular weight is 229 g/mol. The Kier molecular flexibility index (Phi) is 3.78. The first-order chi connectivity index (χ1) is 6.04. The third kappa shape index (κ3) is 2.93. The summed E-state index contributed by atoms with van der Waals surface area (Å²) in [6, 6.07) is 0. The number of ether oxygens (including phenoxy) is 1. The minimum absolute atomic E-state index is 0.197. The van der Waals surface area contributed by atoms with Crippen molar-refractivity contribution in [2.45, 2.75) is 13.3 Å². The molecule has 0 spiro atoms. The standard InChI is InChI=1S/C7H14ClO4P/c1-3-7(4-10-2)5-11-13(8,9)12-6-7/h3-6H2,1-2H3. The van der Waals surface area contributed by atoms with Crippen LogP contribution >= 0.6 is 18.2 Å². The molecular weight excluding hydrogens is 214 g/mol. The van der Waals surface area contributed by atoms with Gasteiger partial charge in [-0.15, -0.1) is 0 Å². The van der Waals surface area contributed by atoms with E-state index >= 15 is 0 Å². The molecule has 0 amide bonds. The van der Waals surface area contributed by atoms with Gasteiger partial charge in [0.2, 0.25) is 0 Å². The quantitative estimate of drug-likeness (QED) is 0.696. The molecule has 0 aromatic carbocycles. The van der Waals surface area contributed by atoms with Gasteiger partial charge in [-0.3, -0.25) is 9.05 Å². The SMILES string of the molecule is CCC1(COC)COP(=O)(Cl)OC1. The zero-order valence-corrected chi connectivity index (χ0v) is 9.44. The van der Waals surface area contributed by atoms with Crippen molar-refractivity contribution in [3.8, 4) is 0 Å². The van der Waals surface area contributed by atoms with Crippen LogP contribution in [0.4, 0.5) is 0 Å². The van der Waals surface area contributed by atoms with Crippen molar-refractivity contribution in [2.24, 2.45) is 5.41 Å². The van der Waals surface area contributed by atoms with Crippen LogP contribution in [0.3, 0.4) is 0 Å². The Hall–Kier alpha value is 0.400. The summed E-state index contributed by atoms with van der Waals surface area (Å²) in [5, 5.41) is 0. The molecule has 0 saturated carbocycles. The van der Waals surface area contributed by atoms with Crippen molar-refractivity contribution in [3.63, 3.8) is 0 Å². The molecule has 1 aliphatic heterocycles. The monoisotopic (exact) mass is 228 g/mol. The van der Waals surface area contributed by atoms with E-state index in [4.69, 9.17) is 25.0 Å². The van der Waals surface area contributed by atoms with Crippen molar-refractivity contribution in [1.29, 1.82) is 0 Å². The molecule has 1 rings (SSSR count). The van der Waals surface area contributed by atoms with Crippen molar-refractivity contribution < 1.29 is 18.3 Å². The highest BCUT2D eigenvalue weighted by molar-refractivity contribution is 7.81. The maximum Gasteiger partial charge on any atom is 0.424 e. The minimum Gasteiger partial charge on any atom is -0.384 e. The van der Waals surface area contributed by atoms with Gasteiger partial charge in [0, 0.05) is 23.8 Å². The molecule has 0 N–H and O–H groups in total. The van der Waals surface area contributed by atoms with Crippen molar-refractivity contribution in [2.75, 3.05) is 26.9 Å². The van der Waals surface area contributed by atoms with Crippen molar-refractivity contribution >= 4 is 18.2 Å². The predicted octanol–water partition coefficient (Wildman–Crippen LogP) is 2.42. The molecule has 1 saturated heterocycles. The number of halogens is 1. The van der Waals surface area contributed by atoms with Gasteiger partial charge in [0.25, 0.3) is 0 Å². The van der Waals surface area contributed by atoms with E-state index in [1.54, 1.807) is 7.11 Å². The fourth-order valence-electron chi connectivity index (χ4n) is 1.20. The molecule has 0 radical (unpaired) electrons. The molecular formula is C7H14ClO4P. The van der Waals surface area contributed by atoms with Gasteiger partial charge >= 0.3 is 6.95 Å². The largest absolute Gasteiger partial charge is 0.424 e. The second-order valence-corrected chi connectivity index (χ2v) is 5.88. The Labute approximate surface area is 82.8 Å². The van der Waals surface area contributed by atoms with Crippen LogP contribution in [0, 0.1) is 5.41 Å². The van der Waals surface area contributed by atoms with Gasteiger partial charge in [0.1, 0.15) is 0 Å². The van der Waals surface area contributed by atoms with Crippen LogP contribution in [-0.2, 0) is 18.3 Å². The van der Waals surface area contributed by atoms with Crippen LogP contribution in [0.1, 0.15) is 13.3 Å². The molecule has 0 aromatic rings. The molecule has 0 atom stereocenters. The molecule has 0 unspecified atom stereocenters. The Balaban J connectivity index is 2.57. The fraction of sp³-hybridized carbons (Fsp3) is 1.00. The predicted molar refractivity (Wildman–Crippen MR) is 50.0 cm³/mol. The summed E-state index contributed by atoms with van der Waals surface area (Å²) in [4.78, 5) is 0. The molecule has 1 fully saturated rings. The average Bonchev–Trinajstić information content (AvgIpc) is 2.10. The molecule has 1 heterocycles. The van der Waals surface area contributed by atoms with Gasteiger partial charge in [-0.25, -0.2) is 4.57 Å². The lowest BCUT2D eigenvalue weighted by atomic mass is 9.88. The van der Waals surface area contributed by atoms with Gasteiger partial charge in [0.05, 0.1) is 19.8 Å². The van der Waals surface area contributed by atoms with Gasteiger partial charge in [-0.2, -0.15) is 0 Å². The summed E-state index contributed by atoms with van der Waals surface area (Å²) in [6.07, 6.45) is 0.845. The summed E-state index contributed by atoms with van der Waals surface area (Å²) in [6.45, 7) is -0.0855. The summed E-state index contributed by atoms with van der Waals surface area (Å²) >= 11 is 5.43. The van der Waals surface area contributed by atoms with E-state index in [0.29, 0.717) is 19.8 Å². The molecule has 0 bridgehead atoms. The van der Waals surface area contributed by atoms with E-state index in [2.05, 4.69) is 0 Å². The molecule has 1 aliphatic rings. The summed E-state index contributed by atoms with van der Waals surface area (Å²) in [5.41, 5.74) is -0.197. The van der Waals surface area contributed by atoms with Crippen LogP contribution in [0.25, 0.3) is 0 Å². The molecule has 4 nitrogen and oxygen atoms in total. The van der Waals surface area contributed by atoms with Gasteiger partial charge in [-0.1, -0.05) is 6.92 Å². The maximum atomic E-state index is 11.1. The van der Waals surface area contributed by atoms with Gasteiger partial charge in [-0.05, 0) is 6.42 Å². The third-order valence-corrected chi connectivity index (χ3v) is 3.71. The maximum absolute atomic E-state index is 11.1. The highest BCUT2D eigenvalue weighted by Crippen LogP contribution is 2.58. The second kappa shape index (κ2) is 4.28. The first-order valence-corrected chi connectivity index (χ1v) is 6.56. The van der Waals surface area contributed by atoms with E-state index in [1.165, 1.54) is 0 Å². The molecule has 0 aromatic heterocycles. The molecule has 0 aliphatic carbocycles. The minimum atomic E-state index is -3.29. The van der Waals surface area contributed by atoms with Crippen LogP contribution in [0.15, 0.2) is 0 Å². The summed E-state index contributed by atoms with van der Waals surface area (Å²) in [7, 11) is 1.62. The topological polar surface area (TPSA) is 44.8 Å². The van der Waals surface area contributed by atoms with E-state index in [-0.39, 0.29) is 5.41 Å². The van der Waals surface area contributed by atoms with E-state index in [0.717, 1.165) is 6.42 Å². The fourth-order valence-corrected chi connectivity index (χ4v) is 2.43. The lowest BCUT2D eigenvalue weighted by Crippen LogP contribution is -2.38. The Bertz CT molecular complexity index is 209. The van der Waals surface area contributed by atoms with Crippen LogP contribution in [0.5, 0.6) is 0 Å². The Morgan fingerprint density at radius 2 is 2.08 bits per heavy atom. The highest BCUT2D eigenvalue weighted by atomic mass is 35.7. The van der Waals surface area contributed by atoms with Gasteiger partial charge in [0.15, 0.2) is 0 Å². The zero-order chi connectivity index (χ0) is 9.95. The van der Waals surface area contributed by atoms with Crippen LogP contribution in [-0.4, -0.2) is 26.9 Å². The number of hydrogen-bond donors (Lipinski definition) is 0. The molecule has 13 heavy (non-hydrogen) atoms. The number of hydrogen-bond acceptors (Lipinski definition) is 4. The molecule has 78 valence electrons. The Morgan fingerprint density at radius 3 is 2.46 bits per heavy atom. The molecule has 6 heteroatoms. The van der Waals surface area contributed by atoms with Crippen LogP contribution < -0.4 is 0 Å². The van der Waals surface area contributed by atoms with Gasteiger partial charge < -0.3 is 4.74 Å². The summed E-state index contributed by atoms with van der Waals surface area (Å²) in [5.74, 6) is 0. The summed E-state index contributed by atoms with van der Waals surface area (Å²) < 4.78 is 26.1. The first-order valence-electron chi connectivity index (χ1n) is 4.11. The normalized spacial score (nSPS) is 40.5. The van der Waals surface area contributed by atoms with E-state index < -0.39 is 6.95 Å². The zero-order valence-electron chi connectivity index (χ0n) is 7.79. The van der Waals surface area contributed by atoms with E-state index in [9.17, 15) is 4.57 Å². The highest BCUT2D eigenvalue weighted by Gasteiger charge is 2.40. The van der Waals surface area contributed by atoms with Crippen LogP contribution in [0.2, 0.25) is 0 Å². The first kappa shape index (κ1) is 11.5. The third-order valence-electron chi connectivity index (χ3n) is 2.25. The smallest absolute Gasteiger partial charge is 0.384 e. The Morgan fingerprint density at radius 1 is 1.54 bits per heavy atom. The second-order valence-electron chi connectivity index (χ2n) is 3.26. The van der Waals surface area contributed by atoms with Crippen molar-refractivity contribution in [1.82, 2.24) is 0 Å².